The van der Waals surface area contributed by atoms with Crippen LogP contribution in [0.25, 0.3) is 0 Å². The van der Waals surface area contributed by atoms with Gasteiger partial charge in [0, 0.05) is 0 Å². The monoisotopic (exact) mass is 254 g/mol. The minimum atomic E-state index is -1.01. The molecule has 1 amide bonds. The van der Waals surface area contributed by atoms with Crippen molar-refractivity contribution in [3.63, 3.8) is 0 Å². The molecule has 0 saturated carbocycles. The Balaban J connectivity index is 0. The highest BCUT2D eigenvalue weighted by atomic mass is 35.5. The van der Waals surface area contributed by atoms with E-state index in [0.29, 0.717) is 19.4 Å². The van der Waals surface area contributed by atoms with Crippen molar-refractivity contribution < 1.29 is 9.83 Å². The van der Waals surface area contributed by atoms with Gasteiger partial charge in [-0.1, -0.05) is 0 Å². The largest absolute Gasteiger partial charge is 0.364 e. The zero-order valence-electron chi connectivity index (χ0n) is 8.46. The molecule has 10 heteroatoms. The van der Waals surface area contributed by atoms with Gasteiger partial charge >= 0.3 is 0 Å². The van der Waals surface area contributed by atoms with Crippen LogP contribution in [0.15, 0.2) is 5.10 Å². The fourth-order valence-electron chi connectivity index (χ4n) is 0.801. The lowest BCUT2D eigenvalue weighted by molar-refractivity contribution is -0.485. The molecule has 0 rings (SSSR count). The number of hydrazone groups is 1. The molecule has 0 radical (unpaired) electrons. The number of carbonyl (C=O) groups excluding carboxylic acids is 1. The Hall–Kier alpha value is -1.45. The van der Waals surface area contributed by atoms with Crippen molar-refractivity contribution in [1.29, 1.82) is 0 Å². The normalized spacial score (nSPS) is 12.5. The molecule has 94 valence electrons. The van der Waals surface area contributed by atoms with Gasteiger partial charge in [0.2, 0.25) is 5.91 Å². The molecule has 0 aromatic rings. The first-order valence-electron chi connectivity index (χ1n) is 4.22. The number of rotatable bonds is 5. The Morgan fingerprint density at radius 2 is 2.12 bits per heavy atom. The molecule has 0 unspecified atom stereocenters. The predicted octanol–water partition coefficient (Wildman–Crippen LogP) is -1.90. The third-order valence-electron chi connectivity index (χ3n) is 1.50. The quantitative estimate of drug-likeness (QED) is 0.194. The van der Waals surface area contributed by atoms with Crippen LogP contribution in [-0.2, 0) is 4.79 Å². The zero-order valence-corrected chi connectivity index (χ0v) is 9.27. The number of hydrogen-bond donors (Lipinski definition) is 4. The molecule has 0 bridgehead atoms. The highest BCUT2D eigenvalue weighted by Crippen LogP contribution is 1.92. The van der Waals surface area contributed by atoms with E-state index in [2.05, 4.69) is 5.10 Å². The summed E-state index contributed by atoms with van der Waals surface area (Å²) in [6, 6.07) is -0.797. The number of halogens is 1. The molecule has 0 heterocycles. The Morgan fingerprint density at radius 3 is 2.56 bits per heavy atom. The highest BCUT2D eigenvalue weighted by molar-refractivity contribution is 5.98. The summed E-state index contributed by atoms with van der Waals surface area (Å²) in [5.74, 6) is -1.21. The van der Waals surface area contributed by atoms with Gasteiger partial charge in [0.15, 0.2) is 5.03 Å². The minimum Gasteiger partial charge on any atom is -0.364 e. The summed E-state index contributed by atoms with van der Waals surface area (Å²) < 4.78 is 0. The van der Waals surface area contributed by atoms with Crippen molar-refractivity contribution in [2.45, 2.75) is 18.9 Å². The Morgan fingerprint density at radius 1 is 1.56 bits per heavy atom. The van der Waals surface area contributed by atoms with Gasteiger partial charge in [0.1, 0.15) is 5.10 Å². The standard InChI is InChI=1S/C6H14N6O3.ClH/c7-3-1-2-4(8)5(13)10-6(9)11-12(14)15;/h4H,1-3,7-8H2,(H3,9,10,11,13);1H/t4-;/m0./s1. The number of nitrogens with two attached hydrogens (primary N) is 3. The summed E-state index contributed by atoms with van der Waals surface area (Å²) in [6.07, 6.45) is 0.967. The summed E-state index contributed by atoms with van der Waals surface area (Å²) in [5, 5.41) is 13.5. The van der Waals surface area contributed by atoms with Crippen LogP contribution < -0.4 is 22.5 Å². The molecule has 9 nitrogen and oxygen atoms in total. The predicted molar refractivity (Wildman–Crippen MR) is 60.3 cm³/mol. The van der Waals surface area contributed by atoms with Crippen LogP contribution in [0.5, 0.6) is 0 Å². The van der Waals surface area contributed by atoms with E-state index >= 15 is 0 Å². The summed E-state index contributed by atoms with van der Waals surface area (Å²) in [5.41, 5.74) is 15.7. The van der Waals surface area contributed by atoms with Crippen molar-refractivity contribution >= 4 is 24.3 Å². The van der Waals surface area contributed by atoms with Crippen LogP contribution in [0.1, 0.15) is 12.8 Å². The second-order valence-electron chi connectivity index (χ2n) is 2.75. The van der Waals surface area contributed by atoms with Gasteiger partial charge in [0.25, 0.3) is 5.96 Å². The van der Waals surface area contributed by atoms with E-state index in [1.807, 2.05) is 5.32 Å². The summed E-state index contributed by atoms with van der Waals surface area (Å²) in [6.45, 7) is 0.416. The van der Waals surface area contributed by atoms with Gasteiger partial charge in [-0.3, -0.25) is 10.1 Å². The van der Waals surface area contributed by atoms with Crippen molar-refractivity contribution in [2.75, 3.05) is 6.54 Å². The van der Waals surface area contributed by atoms with Gasteiger partial charge in [-0.15, -0.1) is 12.4 Å². The highest BCUT2D eigenvalue weighted by Gasteiger charge is 2.14. The van der Waals surface area contributed by atoms with E-state index in [9.17, 15) is 14.9 Å². The van der Waals surface area contributed by atoms with Crippen LogP contribution in [0.3, 0.4) is 0 Å². The lowest BCUT2D eigenvalue weighted by atomic mass is 10.1. The maximum atomic E-state index is 11.2. The fourth-order valence-corrected chi connectivity index (χ4v) is 0.801. The van der Waals surface area contributed by atoms with Crippen molar-refractivity contribution in [2.24, 2.45) is 22.3 Å². The molecule has 1 atom stereocenters. The number of carbonyl (C=O) groups is 1. The topological polar surface area (TPSA) is 163 Å². The molecular weight excluding hydrogens is 240 g/mol. The first kappa shape index (κ1) is 17.0. The molecule has 0 saturated heterocycles. The molecule has 0 aromatic heterocycles. The van der Waals surface area contributed by atoms with E-state index in [0.717, 1.165) is 0 Å². The van der Waals surface area contributed by atoms with Crippen molar-refractivity contribution in [1.82, 2.24) is 5.32 Å². The van der Waals surface area contributed by atoms with E-state index in [1.165, 1.54) is 0 Å². The average molecular weight is 255 g/mol. The van der Waals surface area contributed by atoms with Crippen LogP contribution in [0.4, 0.5) is 0 Å². The fraction of sp³-hybridized carbons (Fsp3) is 0.667. The number of guanidine groups is 1. The van der Waals surface area contributed by atoms with Crippen LogP contribution >= 0.6 is 12.4 Å². The third kappa shape index (κ3) is 7.91. The molecule has 0 aromatic carbocycles. The van der Waals surface area contributed by atoms with Crippen molar-refractivity contribution in [3.05, 3.63) is 10.1 Å². The number of amides is 1. The Kier molecular flexibility index (Phi) is 9.36. The lowest BCUT2D eigenvalue weighted by Gasteiger charge is -2.09. The Bertz CT molecular complexity index is 271. The zero-order chi connectivity index (χ0) is 11.8. The molecule has 16 heavy (non-hydrogen) atoms. The third-order valence-corrected chi connectivity index (χ3v) is 1.50. The van der Waals surface area contributed by atoms with E-state index in [4.69, 9.17) is 17.2 Å². The molecule has 0 aliphatic rings. The second kappa shape index (κ2) is 8.83. The first-order valence-corrected chi connectivity index (χ1v) is 4.22. The van der Waals surface area contributed by atoms with Gasteiger partial charge < -0.3 is 17.2 Å². The van der Waals surface area contributed by atoms with Gasteiger partial charge in [-0.2, -0.15) is 0 Å². The average Bonchev–Trinajstić information content (AvgIpc) is 2.12. The molecular formula is C6H15ClN6O3. The summed E-state index contributed by atoms with van der Waals surface area (Å²) in [7, 11) is 0. The summed E-state index contributed by atoms with van der Waals surface area (Å²) in [4.78, 5) is 21.1. The Labute approximate surface area is 98.0 Å². The lowest BCUT2D eigenvalue weighted by Crippen LogP contribution is -2.46. The number of nitrogens with one attached hydrogen (secondary N) is 1. The SMILES string of the molecule is Cl.NCCC[C@H](N)C(=O)NC(N)=N[N+](=O)[O-]. The summed E-state index contributed by atoms with van der Waals surface area (Å²) >= 11 is 0. The van der Waals surface area contributed by atoms with E-state index in [-0.39, 0.29) is 12.4 Å². The van der Waals surface area contributed by atoms with E-state index < -0.39 is 22.9 Å². The van der Waals surface area contributed by atoms with Gasteiger partial charge in [-0.25, -0.2) is 10.1 Å². The maximum Gasteiger partial charge on any atom is 0.272 e. The number of nitro groups is 1. The van der Waals surface area contributed by atoms with Crippen LogP contribution in [-0.4, -0.2) is 29.5 Å². The van der Waals surface area contributed by atoms with Gasteiger partial charge in [-0.05, 0) is 19.4 Å². The molecule has 7 N–H and O–H groups in total. The van der Waals surface area contributed by atoms with Crippen LogP contribution in [0, 0.1) is 10.1 Å². The maximum absolute atomic E-state index is 11.2. The molecule has 0 fully saturated rings. The van der Waals surface area contributed by atoms with Crippen molar-refractivity contribution in [3.8, 4) is 0 Å². The molecule has 0 aliphatic heterocycles. The van der Waals surface area contributed by atoms with E-state index in [1.54, 1.807) is 0 Å². The molecule has 0 aliphatic carbocycles. The van der Waals surface area contributed by atoms with Gasteiger partial charge in [0.05, 0.1) is 6.04 Å². The number of hydrogen-bond acceptors (Lipinski definition) is 5. The minimum absolute atomic E-state index is 0. The smallest absolute Gasteiger partial charge is 0.272 e. The first-order chi connectivity index (χ1) is 6.97. The number of nitrogens with zero attached hydrogens (tertiary/aromatic N) is 2. The molecule has 0 spiro atoms. The second-order valence-corrected chi connectivity index (χ2v) is 2.75. The van der Waals surface area contributed by atoms with Crippen LogP contribution in [0.2, 0.25) is 0 Å².